The number of carbonyl (C=O) groups excluding carboxylic acids is 1. The van der Waals surface area contributed by atoms with Crippen molar-refractivity contribution < 1.29 is 14.6 Å². The Kier molecular flexibility index (Phi) is 2.59. The number of carbonyl (C=O) groups is 1. The number of aromatic hydroxyl groups is 1. The van der Waals surface area contributed by atoms with Crippen LogP contribution in [0, 0.1) is 0 Å². The number of esters is 1. The standard InChI is InChI=1S/C12H11NO4/c1-13-8-6-4-3-5-7(8)10(14)9(11(13)15)12(16)17-2/h3-6,14H,1-2H3. The molecule has 5 heteroatoms. The molecule has 17 heavy (non-hydrogen) atoms. The van der Waals surface area contributed by atoms with E-state index in [-0.39, 0.29) is 11.3 Å². The molecule has 1 aromatic carbocycles. The first-order valence-corrected chi connectivity index (χ1v) is 4.97. The molecule has 0 aliphatic carbocycles. The van der Waals surface area contributed by atoms with Crippen LogP contribution in [0.4, 0.5) is 0 Å². The molecule has 2 aromatic rings. The van der Waals surface area contributed by atoms with E-state index in [9.17, 15) is 14.7 Å². The second kappa shape index (κ2) is 3.93. The van der Waals surface area contributed by atoms with E-state index in [1.54, 1.807) is 24.3 Å². The molecular weight excluding hydrogens is 222 g/mol. The van der Waals surface area contributed by atoms with E-state index in [2.05, 4.69) is 4.74 Å². The van der Waals surface area contributed by atoms with Crippen LogP contribution < -0.4 is 5.56 Å². The molecule has 1 N–H and O–H groups in total. The summed E-state index contributed by atoms with van der Waals surface area (Å²) in [4.78, 5) is 23.4. The minimum absolute atomic E-state index is 0.337. The fraction of sp³-hybridized carbons (Fsp3) is 0.167. The van der Waals surface area contributed by atoms with Gasteiger partial charge in [-0.3, -0.25) is 4.79 Å². The molecule has 0 unspecified atom stereocenters. The SMILES string of the molecule is COC(=O)c1c(O)c2ccccc2n(C)c1=O. The maximum atomic E-state index is 11.9. The number of pyridine rings is 1. The van der Waals surface area contributed by atoms with Gasteiger partial charge in [0.05, 0.1) is 12.6 Å². The smallest absolute Gasteiger partial charge is 0.347 e. The van der Waals surface area contributed by atoms with E-state index in [0.717, 1.165) is 7.11 Å². The Morgan fingerprint density at radius 3 is 2.65 bits per heavy atom. The van der Waals surface area contributed by atoms with Crippen molar-refractivity contribution in [3.8, 4) is 5.75 Å². The number of methoxy groups -OCH3 is 1. The Bertz CT molecular complexity index is 657. The second-order valence-corrected chi connectivity index (χ2v) is 3.60. The predicted octanol–water partition coefficient (Wildman–Crippen LogP) is 1.03. The number of para-hydroxylation sites is 1. The minimum atomic E-state index is -0.839. The minimum Gasteiger partial charge on any atom is -0.506 e. The molecule has 0 aliphatic rings. The topological polar surface area (TPSA) is 68.5 Å². The van der Waals surface area contributed by atoms with Gasteiger partial charge in [0, 0.05) is 12.4 Å². The van der Waals surface area contributed by atoms with Crippen LogP contribution in [-0.4, -0.2) is 22.8 Å². The molecule has 0 fully saturated rings. The second-order valence-electron chi connectivity index (χ2n) is 3.60. The highest BCUT2D eigenvalue weighted by molar-refractivity contribution is 5.99. The van der Waals surface area contributed by atoms with Crippen molar-refractivity contribution in [2.24, 2.45) is 7.05 Å². The number of ether oxygens (including phenoxy) is 1. The van der Waals surface area contributed by atoms with Crippen molar-refractivity contribution in [3.63, 3.8) is 0 Å². The summed E-state index contributed by atoms with van der Waals surface area (Å²) in [5, 5.41) is 10.4. The molecule has 0 spiro atoms. The van der Waals surface area contributed by atoms with Crippen LogP contribution in [0.3, 0.4) is 0 Å². The van der Waals surface area contributed by atoms with Gasteiger partial charge in [0.25, 0.3) is 5.56 Å². The molecule has 5 nitrogen and oxygen atoms in total. The molecule has 2 rings (SSSR count). The Morgan fingerprint density at radius 2 is 2.00 bits per heavy atom. The van der Waals surface area contributed by atoms with Crippen LogP contribution in [0.15, 0.2) is 29.1 Å². The molecule has 0 atom stereocenters. The van der Waals surface area contributed by atoms with Crippen LogP contribution in [0.25, 0.3) is 10.9 Å². The lowest BCUT2D eigenvalue weighted by atomic mass is 10.1. The average molecular weight is 233 g/mol. The van der Waals surface area contributed by atoms with Crippen LogP contribution in [0.1, 0.15) is 10.4 Å². The lowest BCUT2D eigenvalue weighted by Gasteiger charge is -2.09. The van der Waals surface area contributed by atoms with Crippen molar-refractivity contribution in [3.05, 3.63) is 40.2 Å². The van der Waals surface area contributed by atoms with Gasteiger partial charge in [-0.15, -0.1) is 0 Å². The summed E-state index contributed by atoms with van der Waals surface area (Å²) in [6.45, 7) is 0. The van der Waals surface area contributed by atoms with E-state index in [1.807, 2.05) is 0 Å². The molecule has 0 amide bonds. The lowest BCUT2D eigenvalue weighted by Crippen LogP contribution is -2.25. The van der Waals surface area contributed by atoms with Crippen molar-refractivity contribution >= 4 is 16.9 Å². The number of nitrogens with zero attached hydrogens (tertiary/aromatic N) is 1. The largest absolute Gasteiger partial charge is 0.506 e. The number of aromatic nitrogens is 1. The molecule has 0 saturated heterocycles. The zero-order valence-corrected chi connectivity index (χ0v) is 9.43. The van der Waals surface area contributed by atoms with Crippen LogP contribution in [0.2, 0.25) is 0 Å². The van der Waals surface area contributed by atoms with Gasteiger partial charge in [0.15, 0.2) is 5.56 Å². The van der Waals surface area contributed by atoms with Crippen molar-refractivity contribution in [2.45, 2.75) is 0 Å². The van der Waals surface area contributed by atoms with Crippen molar-refractivity contribution in [1.82, 2.24) is 4.57 Å². The summed E-state index contributed by atoms with van der Waals surface area (Å²) in [6, 6.07) is 6.79. The Morgan fingerprint density at radius 1 is 1.35 bits per heavy atom. The lowest BCUT2D eigenvalue weighted by molar-refractivity contribution is 0.0595. The van der Waals surface area contributed by atoms with Gasteiger partial charge in [-0.2, -0.15) is 0 Å². The average Bonchev–Trinajstić information content (AvgIpc) is 2.36. The maximum Gasteiger partial charge on any atom is 0.347 e. The van der Waals surface area contributed by atoms with Gasteiger partial charge in [-0.05, 0) is 12.1 Å². The third-order valence-corrected chi connectivity index (χ3v) is 2.67. The highest BCUT2D eigenvalue weighted by Crippen LogP contribution is 2.25. The molecule has 88 valence electrons. The Hall–Kier alpha value is -2.30. The van der Waals surface area contributed by atoms with Gasteiger partial charge in [-0.1, -0.05) is 12.1 Å². The van der Waals surface area contributed by atoms with E-state index >= 15 is 0 Å². The number of benzene rings is 1. The quantitative estimate of drug-likeness (QED) is 0.747. The Balaban J connectivity index is 2.97. The summed E-state index contributed by atoms with van der Waals surface area (Å²) >= 11 is 0. The van der Waals surface area contributed by atoms with Crippen molar-refractivity contribution in [2.75, 3.05) is 7.11 Å². The molecule has 0 radical (unpaired) electrons. The summed E-state index contributed by atoms with van der Waals surface area (Å²) in [5.41, 5.74) is -0.357. The van der Waals surface area contributed by atoms with Gasteiger partial charge in [0.1, 0.15) is 5.75 Å². The van der Waals surface area contributed by atoms with E-state index in [1.165, 1.54) is 11.6 Å². The molecule has 1 aromatic heterocycles. The van der Waals surface area contributed by atoms with Crippen LogP contribution in [-0.2, 0) is 11.8 Å². The number of hydrogen-bond donors (Lipinski definition) is 1. The summed E-state index contributed by atoms with van der Waals surface area (Å²) in [7, 11) is 2.70. The van der Waals surface area contributed by atoms with E-state index in [0.29, 0.717) is 10.9 Å². The first kappa shape index (κ1) is 11.2. The molecule has 0 bridgehead atoms. The van der Waals surface area contributed by atoms with Crippen molar-refractivity contribution in [1.29, 1.82) is 0 Å². The highest BCUT2D eigenvalue weighted by atomic mass is 16.5. The molecular formula is C12H11NO4. The van der Waals surface area contributed by atoms with Gasteiger partial charge < -0.3 is 14.4 Å². The molecule has 1 heterocycles. The molecule has 0 aliphatic heterocycles. The van der Waals surface area contributed by atoms with E-state index in [4.69, 9.17) is 0 Å². The predicted molar refractivity (Wildman–Crippen MR) is 62.2 cm³/mol. The Labute approximate surface area is 96.9 Å². The van der Waals surface area contributed by atoms with E-state index < -0.39 is 11.5 Å². The summed E-state index contributed by atoms with van der Waals surface area (Å²) < 4.78 is 5.80. The van der Waals surface area contributed by atoms with Crippen LogP contribution in [0.5, 0.6) is 5.75 Å². The summed E-state index contributed by atoms with van der Waals surface area (Å²) in [6.07, 6.45) is 0. The number of hydrogen-bond acceptors (Lipinski definition) is 4. The number of aryl methyl sites for hydroxylation is 1. The monoisotopic (exact) mass is 233 g/mol. The summed E-state index contributed by atoms with van der Waals surface area (Å²) in [5.74, 6) is -1.18. The van der Waals surface area contributed by atoms with Crippen LogP contribution >= 0.6 is 0 Å². The third kappa shape index (κ3) is 1.56. The zero-order chi connectivity index (χ0) is 12.6. The van der Waals surface area contributed by atoms with Gasteiger partial charge in [-0.25, -0.2) is 4.79 Å². The normalized spacial score (nSPS) is 10.5. The fourth-order valence-corrected chi connectivity index (χ4v) is 1.77. The van der Waals surface area contributed by atoms with Gasteiger partial charge >= 0.3 is 5.97 Å². The van der Waals surface area contributed by atoms with Gasteiger partial charge in [0.2, 0.25) is 0 Å². The zero-order valence-electron chi connectivity index (χ0n) is 9.43. The highest BCUT2D eigenvalue weighted by Gasteiger charge is 2.21. The number of fused-ring (bicyclic) bond motifs is 1. The number of rotatable bonds is 1. The fourth-order valence-electron chi connectivity index (χ4n) is 1.77. The maximum absolute atomic E-state index is 11.9. The first-order chi connectivity index (χ1) is 8.07. The molecule has 0 saturated carbocycles. The third-order valence-electron chi connectivity index (χ3n) is 2.67. The first-order valence-electron chi connectivity index (χ1n) is 4.97.